The zero-order valence-electron chi connectivity index (χ0n) is 13.0. The number of hydrogen-bond acceptors (Lipinski definition) is 4. The Hall–Kier alpha value is -0.660. The molecule has 2 N–H and O–H groups in total. The number of nitrogens with zero attached hydrogens (tertiary/aromatic N) is 2. The predicted octanol–water partition coefficient (Wildman–Crippen LogP) is 0.386. The third-order valence-corrected chi connectivity index (χ3v) is 6.35. The number of likely N-dealkylation sites (tertiary alicyclic amines) is 1. The molecule has 1 aliphatic carbocycles. The fourth-order valence-corrected chi connectivity index (χ4v) is 4.17. The summed E-state index contributed by atoms with van der Waals surface area (Å²) < 4.78 is 24.5. The van der Waals surface area contributed by atoms with Gasteiger partial charge in [-0.15, -0.1) is 0 Å². The van der Waals surface area contributed by atoms with Gasteiger partial charge in [0.05, 0.1) is 6.26 Å². The molecular formula is C14H27N3O3S. The first-order chi connectivity index (χ1) is 9.79. The standard InChI is InChI=1S/C14H27N3O3S/c1-16(21(2,19)20)12-6-8-17(9-7-12)14(18)10-11-4-3-5-13(11)15/h11-13H,3-10,15H2,1-2H3/t11-,13+/m0/s1. The van der Waals surface area contributed by atoms with Gasteiger partial charge in [0, 0.05) is 38.6 Å². The zero-order chi connectivity index (χ0) is 15.6. The fourth-order valence-electron chi connectivity index (χ4n) is 3.42. The molecule has 122 valence electrons. The Morgan fingerprint density at radius 2 is 1.86 bits per heavy atom. The molecule has 6 nitrogen and oxygen atoms in total. The molecule has 0 unspecified atom stereocenters. The minimum Gasteiger partial charge on any atom is -0.343 e. The molecular weight excluding hydrogens is 290 g/mol. The highest BCUT2D eigenvalue weighted by Crippen LogP contribution is 2.28. The average Bonchev–Trinajstić information content (AvgIpc) is 2.82. The summed E-state index contributed by atoms with van der Waals surface area (Å²) in [6, 6.07) is 0.181. The van der Waals surface area contributed by atoms with Gasteiger partial charge >= 0.3 is 0 Å². The van der Waals surface area contributed by atoms with Crippen LogP contribution in [0.1, 0.15) is 38.5 Å². The van der Waals surface area contributed by atoms with Crippen molar-refractivity contribution in [3.63, 3.8) is 0 Å². The van der Waals surface area contributed by atoms with E-state index in [9.17, 15) is 13.2 Å². The van der Waals surface area contributed by atoms with Gasteiger partial charge in [-0.25, -0.2) is 12.7 Å². The van der Waals surface area contributed by atoms with E-state index in [1.807, 2.05) is 4.90 Å². The van der Waals surface area contributed by atoms with Crippen LogP contribution in [0.5, 0.6) is 0 Å². The first-order valence-electron chi connectivity index (χ1n) is 7.75. The van der Waals surface area contributed by atoms with Gasteiger partial charge < -0.3 is 10.6 Å². The van der Waals surface area contributed by atoms with Crippen molar-refractivity contribution in [2.24, 2.45) is 11.7 Å². The second-order valence-electron chi connectivity index (χ2n) is 6.45. The van der Waals surface area contributed by atoms with E-state index < -0.39 is 10.0 Å². The summed E-state index contributed by atoms with van der Waals surface area (Å²) in [6.07, 6.45) is 6.41. The summed E-state index contributed by atoms with van der Waals surface area (Å²) in [7, 11) is -1.53. The first kappa shape index (κ1) is 16.7. The molecule has 1 heterocycles. The number of carbonyl (C=O) groups is 1. The SMILES string of the molecule is CN(C1CCN(C(=O)C[C@@H]2CCC[C@H]2N)CC1)S(C)(=O)=O. The summed E-state index contributed by atoms with van der Waals surface area (Å²) in [6.45, 7) is 1.29. The van der Waals surface area contributed by atoms with Gasteiger partial charge in [0.1, 0.15) is 0 Å². The number of amides is 1. The highest BCUT2D eigenvalue weighted by atomic mass is 32.2. The first-order valence-corrected chi connectivity index (χ1v) is 9.60. The smallest absolute Gasteiger partial charge is 0.222 e. The molecule has 0 bridgehead atoms. The van der Waals surface area contributed by atoms with E-state index in [1.165, 1.54) is 10.6 Å². The molecule has 21 heavy (non-hydrogen) atoms. The van der Waals surface area contributed by atoms with Gasteiger partial charge in [-0.05, 0) is 31.6 Å². The third kappa shape index (κ3) is 4.17. The molecule has 1 amide bonds. The summed E-state index contributed by atoms with van der Waals surface area (Å²) in [5.41, 5.74) is 6.02. The lowest BCUT2D eigenvalue weighted by molar-refractivity contribution is -0.133. The number of hydrogen-bond donors (Lipinski definition) is 1. The molecule has 1 saturated carbocycles. The fraction of sp³-hybridized carbons (Fsp3) is 0.929. The Morgan fingerprint density at radius 3 is 2.33 bits per heavy atom. The van der Waals surface area contributed by atoms with Crippen LogP contribution in [-0.2, 0) is 14.8 Å². The number of rotatable bonds is 4. The van der Waals surface area contributed by atoms with Crippen molar-refractivity contribution in [1.29, 1.82) is 0 Å². The Labute approximate surface area is 127 Å². The normalized spacial score (nSPS) is 28.3. The molecule has 0 aromatic carbocycles. The van der Waals surface area contributed by atoms with E-state index in [2.05, 4.69) is 0 Å². The number of piperidine rings is 1. The van der Waals surface area contributed by atoms with E-state index in [4.69, 9.17) is 5.73 Å². The molecule has 0 spiro atoms. The van der Waals surface area contributed by atoms with E-state index in [1.54, 1.807) is 7.05 Å². The number of carbonyl (C=O) groups excluding carboxylic acids is 1. The molecule has 2 aliphatic rings. The average molecular weight is 317 g/mol. The second-order valence-corrected chi connectivity index (χ2v) is 8.49. The van der Waals surface area contributed by atoms with Crippen molar-refractivity contribution in [2.75, 3.05) is 26.4 Å². The van der Waals surface area contributed by atoms with Gasteiger partial charge in [0.2, 0.25) is 15.9 Å². The molecule has 0 aromatic heterocycles. The van der Waals surface area contributed by atoms with Gasteiger partial charge in [-0.3, -0.25) is 4.79 Å². The van der Waals surface area contributed by atoms with E-state index in [-0.39, 0.29) is 18.0 Å². The van der Waals surface area contributed by atoms with Crippen LogP contribution in [0.3, 0.4) is 0 Å². The number of sulfonamides is 1. The van der Waals surface area contributed by atoms with Crippen LogP contribution in [-0.4, -0.2) is 62.0 Å². The van der Waals surface area contributed by atoms with Gasteiger partial charge in [-0.2, -0.15) is 0 Å². The summed E-state index contributed by atoms with van der Waals surface area (Å²) >= 11 is 0. The summed E-state index contributed by atoms with van der Waals surface area (Å²) in [5.74, 6) is 0.506. The van der Waals surface area contributed by atoms with Crippen molar-refractivity contribution in [1.82, 2.24) is 9.21 Å². The predicted molar refractivity (Wildman–Crippen MR) is 82.1 cm³/mol. The maximum atomic E-state index is 12.3. The van der Waals surface area contributed by atoms with Crippen LogP contribution in [0.25, 0.3) is 0 Å². The quantitative estimate of drug-likeness (QED) is 0.813. The van der Waals surface area contributed by atoms with E-state index >= 15 is 0 Å². The van der Waals surface area contributed by atoms with Gasteiger partial charge in [0.15, 0.2) is 0 Å². The van der Waals surface area contributed by atoms with Crippen LogP contribution in [0.2, 0.25) is 0 Å². The second kappa shape index (κ2) is 6.62. The Bertz CT molecular complexity index is 472. The van der Waals surface area contributed by atoms with Crippen LogP contribution in [0.4, 0.5) is 0 Å². The largest absolute Gasteiger partial charge is 0.343 e. The van der Waals surface area contributed by atoms with Crippen molar-refractivity contribution < 1.29 is 13.2 Å². The van der Waals surface area contributed by atoms with Crippen molar-refractivity contribution in [3.05, 3.63) is 0 Å². The molecule has 2 atom stereocenters. The summed E-state index contributed by atoms with van der Waals surface area (Å²) in [5, 5.41) is 0. The minimum absolute atomic E-state index is 0.0118. The van der Waals surface area contributed by atoms with Crippen LogP contribution < -0.4 is 5.73 Å². The monoisotopic (exact) mass is 317 g/mol. The Morgan fingerprint density at radius 1 is 1.24 bits per heavy atom. The lowest BCUT2D eigenvalue weighted by Crippen LogP contribution is -2.47. The van der Waals surface area contributed by atoms with Crippen LogP contribution in [0.15, 0.2) is 0 Å². The maximum absolute atomic E-state index is 12.3. The topological polar surface area (TPSA) is 83.7 Å². The van der Waals surface area contributed by atoms with E-state index in [0.29, 0.717) is 38.3 Å². The van der Waals surface area contributed by atoms with Crippen molar-refractivity contribution in [2.45, 2.75) is 50.6 Å². The Kier molecular flexibility index (Phi) is 5.27. The Balaban J connectivity index is 1.82. The molecule has 0 radical (unpaired) electrons. The molecule has 7 heteroatoms. The number of nitrogens with two attached hydrogens (primary N) is 1. The minimum atomic E-state index is -3.15. The lowest BCUT2D eigenvalue weighted by Gasteiger charge is -2.36. The maximum Gasteiger partial charge on any atom is 0.222 e. The molecule has 1 aliphatic heterocycles. The van der Waals surface area contributed by atoms with Crippen molar-refractivity contribution >= 4 is 15.9 Å². The van der Waals surface area contributed by atoms with Crippen LogP contribution in [0, 0.1) is 5.92 Å². The molecule has 2 fully saturated rings. The molecule has 0 aromatic rings. The van der Waals surface area contributed by atoms with Crippen molar-refractivity contribution in [3.8, 4) is 0 Å². The summed E-state index contributed by atoms with van der Waals surface area (Å²) in [4.78, 5) is 14.2. The van der Waals surface area contributed by atoms with E-state index in [0.717, 1.165) is 19.3 Å². The third-order valence-electron chi connectivity index (χ3n) is 5.01. The van der Waals surface area contributed by atoms with Crippen LogP contribution >= 0.6 is 0 Å². The van der Waals surface area contributed by atoms with Gasteiger partial charge in [0.25, 0.3) is 0 Å². The van der Waals surface area contributed by atoms with Gasteiger partial charge in [-0.1, -0.05) is 6.42 Å². The molecule has 1 saturated heterocycles. The highest BCUT2D eigenvalue weighted by molar-refractivity contribution is 7.88. The molecule has 2 rings (SSSR count). The zero-order valence-corrected chi connectivity index (χ0v) is 13.8. The highest BCUT2D eigenvalue weighted by Gasteiger charge is 2.31. The lowest BCUT2D eigenvalue weighted by atomic mass is 9.98.